The Kier molecular flexibility index (Phi) is 2.89. The summed E-state index contributed by atoms with van der Waals surface area (Å²) >= 11 is 0. The van der Waals surface area contributed by atoms with Crippen molar-refractivity contribution < 1.29 is 4.39 Å². The molecule has 0 aliphatic heterocycles. The second-order valence-corrected chi connectivity index (χ2v) is 5.48. The predicted molar refractivity (Wildman–Crippen MR) is 82.9 cm³/mol. The first-order valence-electron chi connectivity index (χ1n) is 7.10. The molecule has 1 aromatic carbocycles. The molecule has 22 heavy (non-hydrogen) atoms. The molecule has 4 rings (SSSR count). The molecule has 3 aromatic rings. The summed E-state index contributed by atoms with van der Waals surface area (Å²) in [4.78, 5) is 12.6. The van der Waals surface area contributed by atoms with Gasteiger partial charge in [-0.15, -0.1) is 0 Å². The first kappa shape index (κ1) is 12.9. The van der Waals surface area contributed by atoms with Crippen LogP contribution >= 0.6 is 0 Å². The Bertz CT molecular complexity index is 851. The number of nitrogens with zero attached hydrogens (tertiary/aromatic N) is 3. The van der Waals surface area contributed by atoms with Crippen LogP contribution in [0.1, 0.15) is 17.9 Å². The van der Waals surface area contributed by atoms with Crippen LogP contribution in [0.4, 0.5) is 16.0 Å². The third-order valence-corrected chi connectivity index (χ3v) is 3.91. The second-order valence-electron chi connectivity index (χ2n) is 5.48. The first-order valence-corrected chi connectivity index (χ1v) is 7.10. The summed E-state index contributed by atoms with van der Waals surface area (Å²) in [5, 5.41) is 4.23. The number of fused-ring (bicyclic) bond motifs is 1. The topological polar surface area (TPSA) is 76.7 Å². The van der Waals surface area contributed by atoms with E-state index in [1.165, 1.54) is 12.4 Å². The van der Waals surface area contributed by atoms with Gasteiger partial charge in [-0.05, 0) is 36.2 Å². The van der Waals surface area contributed by atoms with Gasteiger partial charge in [-0.25, -0.2) is 19.3 Å². The van der Waals surface area contributed by atoms with E-state index in [1.54, 1.807) is 18.2 Å². The number of hydrogen-bond donors (Lipinski definition) is 2. The molecule has 1 aliphatic rings. The van der Waals surface area contributed by atoms with Gasteiger partial charge in [-0.2, -0.15) is 0 Å². The van der Waals surface area contributed by atoms with Crippen LogP contribution in [0.3, 0.4) is 0 Å². The Morgan fingerprint density at radius 3 is 2.95 bits per heavy atom. The van der Waals surface area contributed by atoms with Gasteiger partial charge >= 0.3 is 0 Å². The van der Waals surface area contributed by atoms with E-state index in [0.717, 1.165) is 23.2 Å². The van der Waals surface area contributed by atoms with Gasteiger partial charge in [0.2, 0.25) is 0 Å². The second kappa shape index (κ2) is 4.91. The van der Waals surface area contributed by atoms with E-state index in [0.29, 0.717) is 17.4 Å². The van der Waals surface area contributed by atoms with Crippen LogP contribution in [0.25, 0.3) is 11.0 Å². The number of hydrogen-bond acceptors (Lipinski definition) is 5. The number of nitrogens with one attached hydrogen (secondary N) is 1. The minimum Gasteiger partial charge on any atom is -0.384 e. The maximum Gasteiger partial charge on any atom is 0.166 e. The van der Waals surface area contributed by atoms with Crippen molar-refractivity contribution in [3.63, 3.8) is 0 Å². The number of aromatic nitrogens is 3. The molecule has 5 nitrogen and oxygen atoms in total. The molecule has 0 amide bonds. The SMILES string of the molecule is Nc1ccc2c(N[C@@H]3C[C@H]3c3cccc(F)c3)ncnc2n1. The van der Waals surface area contributed by atoms with Crippen LogP contribution in [-0.4, -0.2) is 21.0 Å². The van der Waals surface area contributed by atoms with Crippen LogP contribution in [0.15, 0.2) is 42.7 Å². The van der Waals surface area contributed by atoms with Gasteiger partial charge in [0.05, 0.1) is 5.39 Å². The van der Waals surface area contributed by atoms with Crippen molar-refractivity contribution in [2.45, 2.75) is 18.4 Å². The smallest absolute Gasteiger partial charge is 0.166 e. The van der Waals surface area contributed by atoms with Crippen molar-refractivity contribution in [2.24, 2.45) is 0 Å². The fourth-order valence-corrected chi connectivity index (χ4v) is 2.71. The number of halogens is 1. The molecule has 0 saturated heterocycles. The maximum atomic E-state index is 13.3. The number of nitrogens with two attached hydrogens (primary N) is 1. The molecule has 2 atom stereocenters. The molecule has 0 radical (unpaired) electrons. The highest BCUT2D eigenvalue weighted by molar-refractivity contribution is 5.87. The summed E-state index contributed by atoms with van der Waals surface area (Å²) in [6.45, 7) is 0. The van der Waals surface area contributed by atoms with Gasteiger partial charge < -0.3 is 11.1 Å². The predicted octanol–water partition coefficient (Wildman–Crippen LogP) is 2.71. The highest BCUT2D eigenvalue weighted by Gasteiger charge is 2.39. The number of anilines is 2. The highest BCUT2D eigenvalue weighted by Crippen LogP contribution is 2.43. The Labute approximate surface area is 126 Å². The summed E-state index contributed by atoms with van der Waals surface area (Å²) in [6, 6.07) is 10.6. The fourth-order valence-electron chi connectivity index (χ4n) is 2.71. The Hall–Kier alpha value is -2.76. The number of rotatable bonds is 3. The lowest BCUT2D eigenvalue weighted by Crippen LogP contribution is -2.07. The van der Waals surface area contributed by atoms with Gasteiger partial charge in [-0.1, -0.05) is 12.1 Å². The molecule has 6 heteroatoms. The average molecular weight is 295 g/mol. The summed E-state index contributed by atoms with van der Waals surface area (Å²) < 4.78 is 13.3. The van der Waals surface area contributed by atoms with Gasteiger partial charge in [0, 0.05) is 12.0 Å². The Morgan fingerprint density at radius 2 is 2.09 bits per heavy atom. The molecule has 1 saturated carbocycles. The summed E-state index contributed by atoms with van der Waals surface area (Å²) in [6.07, 6.45) is 2.42. The normalized spacial score (nSPS) is 20.0. The summed E-state index contributed by atoms with van der Waals surface area (Å²) in [5.41, 5.74) is 7.25. The molecule has 1 fully saturated rings. The van der Waals surface area contributed by atoms with E-state index in [9.17, 15) is 4.39 Å². The highest BCUT2D eigenvalue weighted by atomic mass is 19.1. The Balaban J connectivity index is 1.58. The van der Waals surface area contributed by atoms with Crippen LogP contribution < -0.4 is 11.1 Å². The van der Waals surface area contributed by atoms with Crippen LogP contribution in [0.5, 0.6) is 0 Å². The number of benzene rings is 1. The van der Waals surface area contributed by atoms with E-state index in [1.807, 2.05) is 12.1 Å². The maximum absolute atomic E-state index is 13.3. The number of pyridine rings is 1. The lowest BCUT2D eigenvalue weighted by Gasteiger charge is -2.08. The third-order valence-electron chi connectivity index (χ3n) is 3.91. The molecule has 110 valence electrons. The zero-order valence-corrected chi connectivity index (χ0v) is 11.7. The Morgan fingerprint density at radius 1 is 1.18 bits per heavy atom. The van der Waals surface area contributed by atoms with Gasteiger partial charge in [0.1, 0.15) is 23.8 Å². The summed E-state index contributed by atoms with van der Waals surface area (Å²) in [5.74, 6) is 1.28. The van der Waals surface area contributed by atoms with Crippen molar-refractivity contribution in [1.29, 1.82) is 0 Å². The molecule has 2 aromatic heterocycles. The van der Waals surface area contributed by atoms with Crippen molar-refractivity contribution in [1.82, 2.24) is 15.0 Å². The minimum atomic E-state index is -0.199. The van der Waals surface area contributed by atoms with Gasteiger partial charge in [0.25, 0.3) is 0 Å². The molecular formula is C16H14FN5. The van der Waals surface area contributed by atoms with E-state index >= 15 is 0 Å². The van der Waals surface area contributed by atoms with Gasteiger partial charge in [-0.3, -0.25) is 0 Å². The third kappa shape index (κ3) is 2.32. The lowest BCUT2D eigenvalue weighted by molar-refractivity contribution is 0.625. The molecule has 1 aliphatic carbocycles. The molecular weight excluding hydrogens is 281 g/mol. The zero-order chi connectivity index (χ0) is 15.1. The first-order chi connectivity index (χ1) is 10.7. The molecule has 3 N–H and O–H groups in total. The lowest BCUT2D eigenvalue weighted by atomic mass is 10.1. The van der Waals surface area contributed by atoms with Crippen LogP contribution in [0.2, 0.25) is 0 Å². The molecule has 0 spiro atoms. The largest absolute Gasteiger partial charge is 0.384 e. The van der Waals surface area contributed by atoms with Crippen LogP contribution in [-0.2, 0) is 0 Å². The van der Waals surface area contributed by atoms with Crippen molar-refractivity contribution >= 4 is 22.7 Å². The van der Waals surface area contributed by atoms with E-state index in [-0.39, 0.29) is 11.9 Å². The standard InChI is InChI=1S/C16H14FN5/c17-10-3-1-2-9(6-10)12-7-13(12)21-15-11-4-5-14(18)22-16(11)20-8-19-15/h1-6,8,12-13H,7H2,(H3,18,19,20,21,22)/t12-,13+/m0/s1. The minimum absolute atomic E-state index is 0.199. The fraction of sp³-hybridized carbons (Fsp3) is 0.188. The van der Waals surface area contributed by atoms with Gasteiger partial charge in [0.15, 0.2) is 5.65 Å². The molecule has 0 bridgehead atoms. The van der Waals surface area contributed by atoms with E-state index < -0.39 is 0 Å². The monoisotopic (exact) mass is 295 g/mol. The molecule has 0 unspecified atom stereocenters. The number of nitrogen functional groups attached to an aromatic ring is 1. The van der Waals surface area contributed by atoms with Crippen molar-refractivity contribution in [3.05, 3.63) is 54.1 Å². The van der Waals surface area contributed by atoms with E-state index in [2.05, 4.69) is 20.3 Å². The quantitative estimate of drug-likeness (QED) is 0.777. The zero-order valence-electron chi connectivity index (χ0n) is 11.7. The van der Waals surface area contributed by atoms with Crippen molar-refractivity contribution in [3.8, 4) is 0 Å². The molecule has 2 heterocycles. The van der Waals surface area contributed by atoms with Crippen LogP contribution in [0, 0.1) is 5.82 Å². The van der Waals surface area contributed by atoms with Crippen molar-refractivity contribution in [2.75, 3.05) is 11.1 Å². The summed E-state index contributed by atoms with van der Waals surface area (Å²) in [7, 11) is 0. The van der Waals surface area contributed by atoms with E-state index in [4.69, 9.17) is 5.73 Å². The average Bonchev–Trinajstić information content (AvgIpc) is 3.26.